The molecule has 0 amide bonds. The van der Waals surface area contributed by atoms with E-state index >= 15 is 0 Å². The van der Waals surface area contributed by atoms with E-state index < -0.39 is 0 Å². The van der Waals surface area contributed by atoms with E-state index in [1.165, 1.54) is 12.0 Å². The van der Waals surface area contributed by atoms with Crippen LogP contribution in [0.4, 0.5) is 0 Å². The molecule has 2 nitrogen and oxygen atoms in total. The summed E-state index contributed by atoms with van der Waals surface area (Å²) in [5.74, 6) is 1.62. The standard InChI is InChI=1S/C21H32O2/c1-14-7-9-17-16(13-15(14)2)8-10-18-20(17,3)11-6-12-21(18,4)19(22)23-5/h7,13,15,17-18H,6,8-12H2,1-5H3. The first kappa shape index (κ1) is 16.8. The molecule has 0 aromatic carbocycles. The van der Waals surface area contributed by atoms with Crippen LogP contribution in [0.5, 0.6) is 0 Å². The summed E-state index contributed by atoms with van der Waals surface area (Å²) in [5.41, 5.74) is 3.08. The van der Waals surface area contributed by atoms with E-state index in [1.54, 1.807) is 12.7 Å². The number of carbonyl (C=O) groups excluding carboxylic acids is 1. The van der Waals surface area contributed by atoms with E-state index in [4.69, 9.17) is 4.74 Å². The molecule has 3 aliphatic carbocycles. The monoisotopic (exact) mass is 316 g/mol. The van der Waals surface area contributed by atoms with Gasteiger partial charge in [-0.25, -0.2) is 0 Å². The second-order valence-corrected chi connectivity index (χ2v) is 8.63. The minimum Gasteiger partial charge on any atom is -0.469 e. The van der Waals surface area contributed by atoms with Gasteiger partial charge in [0.1, 0.15) is 0 Å². The molecule has 0 spiro atoms. The van der Waals surface area contributed by atoms with Crippen molar-refractivity contribution >= 4 is 5.97 Å². The van der Waals surface area contributed by atoms with Crippen molar-refractivity contribution in [2.45, 2.75) is 66.2 Å². The molecule has 2 saturated carbocycles. The SMILES string of the molecule is COC(=O)C1(C)CCCC2(C)C3CC=C(C)C(C)C=C3CCC12. The number of rotatable bonds is 1. The van der Waals surface area contributed by atoms with Gasteiger partial charge in [-0.05, 0) is 69.1 Å². The zero-order valence-electron chi connectivity index (χ0n) is 15.4. The van der Waals surface area contributed by atoms with Gasteiger partial charge in [0.05, 0.1) is 12.5 Å². The summed E-state index contributed by atoms with van der Waals surface area (Å²) < 4.78 is 5.22. The van der Waals surface area contributed by atoms with Gasteiger partial charge in [0, 0.05) is 0 Å². The van der Waals surface area contributed by atoms with Gasteiger partial charge in [0.25, 0.3) is 0 Å². The number of methoxy groups -OCH3 is 1. The molecule has 3 aliphatic rings. The molecule has 0 heterocycles. The van der Waals surface area contributed by atoms with Crippen molar-refractivity contribution in [3.8, 4) is 0 Å². The summed E-state index contributed by atoms with van der Waals surface area (Å²) in [6.07, 6.45) is 11.8. The van der Waals surface area contributed by atoms with Crippen LogP contribution in [0.3, 0.4) is 0 Å². The van der Waals surface area contributed by atoms with Crippen molar-refractivity contribution in [2.75, 3.05) is 7.11 Å². The fourth-order valence-corrected chi connectivity index (χ4v) is 5.93. The number of ether oxygens (including phenoxy) is 1. The highest BCUT2D eigenvalue weighted by Crippen LogP contribution is 2.62. The molecule has 5 atom stereocenters. The number of esters is 1. The van der Waals surface area contributed by atoms with Crippen molar-refractivity contribution in [1.82, 2.24) is 0 Å². The van der Waals surface area contributed by atoms with Crippen molar-refractivity contribution in [1.29, 1.82) is 0 Å². The maximum Gasteiger partial charge on any atom is 0.311 e. The van der Waals surface area contributed by atoms with Crippen molar-refractivity contribution in [2.24, 2.45) is 28.6 Å². The minimum atomic E-state index is -0.302. The molecule has 2 fully saturated rings. The van der Waals surface area contributed by atoms with E-state index in [9.17, 15) is 4.79 Å². The Morgan fingerprint density at radius 2 is 2.04 bits per heavy atom. The van der Waals surface area contributed by atoms with Crippen LogP contribution in [-0.2, 0) is 9.53 Å². The number of hydrogen-bond donors (Lipinski definition) is 0. The fourth-order valence-electron chi connectivity index (χ4n) is 5.93. The predicted molar refractivity (Wildman–Crippen MR) is 93.9 cm³/mol. The molecular weight excluding hydrogens is 284 g/mol. The van der Waals surface area contributed by atoms with Crippen LogP contribution in [0.1, 0.15) is 66.2 Å². The van der Waals surface area contributed by atoms with Gasteiger partial charge in [0.15, 0.2) is 0 Å². The Morgan fingerprint density at radius 1 is 1.30 bits per heavy atom. The number of allylic oxidation sites excluding steroid dienone is 4. The molecule has 0 aromatic heterocycles. The Labute approximate surface area is 141 Å². The van der Waals surface area contributed by atoms with Gasteiger partial charge in [-0.3, -0.25) is 4.79 Å². The highest BCUT2D eigenvalue weighted by atomic mass is 16.5. The first-order valence-corrected chi connectivity index (χ1v) is 9.28. The zero-order valence-corrected chi connectivity index (χ0v) is 15.4. The molecule has 0 saturated heterocycles. The van der Waals surface area contributed by atoms with Crippen LogP contribution < -0.4 is 0 Å². The van der Waals surface area contributed by atoms with Crippen LogP contribution in [-0.4, -0.2) is 13.1 Å². The van der Waals surface area contributed by atoms with Crippen molar-refractivity contribution < 1.29 is 9.53 Å². The van der Waals surface area contributed by atoms with Gasteiger partial charge >= 0.3 is 5.97 Å². The van der Waals surface area contributed by atoms with Gasteiger partial charge < -0.3 is 4.74 Å². The highest BCUT2D eigenvalue weighted by Gasteiger charge is 2.57. The molecule has 0 N–H and O–H groups in total. The second kappa shape index (κ2) is 5.79. The second-order valence-electron chi connectivity index (χ2n) is 8.63. The Hall–Kier alpha value is -1.05. The van der Waals surface area contributed by atoms with Crippen molar-refractivity contribution in [3.63, 3.8) is 0 Å². The third kappa shape index (κ3) is 2.49. The first-order chi connectivity index (χ1) is 10.8. The fraction of sp³-hybridized carbons (Fsp3) is 0.762. The summed E-state index contributed by atoms with van der Waals surface area (Å²) in [5, 5.41) is 0. The predicted octanol–water partition coefficient (Wildman–Crippen LogP) is 5.29. The number of carbonyl (C=O) groups is 1. The topological polar surface area (TPSA) is 26.3 Å². The molecule has 0 aliphatic heterocycles. The molecule has 0 radical (unpaired) electrons. The quantitative estimate of drug-likeness (QED) is 0.485. The maximum absolute atomic E-state index is 12.6. The van der Waals surface area contributed by atoms with Crippen LogP contribution in [0.2, 0.25) is 0 Å². The Balaban J connectivity index is 2.00. The highest BCUT2D eigenvalue weighted by molar-refractivity contribution is 5.77. The van der Waals surface area contributed by atoms with Gasteiger partial charge in [0.2, 0.25) is 0 Å². The van der Waals surface area contributed by atoms with E-state index in [-0.39, 0.29) is 16.8 Å². The van der Waals surface area contributed by atoms with Crippen LogP contribution in [0.25, 0.3) is 0 Å². The lowest BCUT2D eigenvalue weighted by atomic mass is 9.46. The number of fused-ring (bicyclic) bond motifs is 3. The third-order valence-corrected chi connectivity index (χ3v) is 7.45. The van der Waals surface area contributed by atoms with E-state index in [2.05, 4.69) is 39.8 Å². The lowest BCUT2D eigenvalue weighted by Gasteiger charge is -2.57. The Bertz CT molecular complexity index is 558. The van der Waals surface area contributed by atoms with E-state index in [0.29, 0.717) is 17.8 Å². The first-order valence-electron chi connectivity index (χ1n) is 9.28. The maximum atomic E-state index is 12.6. The molecule has 3 rings (SSSR count). The molecule has 128 valence electrons. The molecule has 5 unspecified atom stereocenters. The largest absolute Gasteiger partial charge is 0.469 e. The number of hydrogen-bond acceptors (Lipinski definition) is 2. The summed E-state index contributed by atoms with van der Waals surface area (Å²) in [6.45, 7) is 9.19. The lowest BCUT2D eigenvalue weighted by molar-refractivity contribution is -0.167. The van der Waals surface area contributed by atoms with E-state index in [1.807, 2.05) is 0 Å². The Morgan fingerprint density at radius 3 is 2.74 bits per heavy atom. The summed E-state index contributed by atoms with van der Waals surface area (Å²) in [6, 6.07) is 0. The molecule has 0 bridgehead atoms. The van der Waals surface area contributed by atoms with Gasteiger partial charge in [-0.15, -0.1) is 0 Å². The molecule has 0 aromatic rings. The molecular formula is C21H32O2. The summed E-state index contributed by atoms with van der Waals surface area (Å²) >= 11 is 0. The average Bonchev–Trinajstić information content (AvgIpc) is 2.66. The average molecular weight is 316 g/mol. The third-order valence-electron chi connectivity index (χ3n) is 7.45. The summed E-state index contributed by atoms with van der Waals surface area (Å²) in [4.78, 5) is 12.6. The zero-order chi connectivity index (χ0) is 16.8. The smallest absolute Gasteiger partial charge is 0.311 e. The van der Waals surface area contributed by atoms with Gasteiger partial charge in [-0.2, -0.15) is 0 Å². The van der Waals surface area contributed by atoms with Crippen LogP contribution >= 0.6 is 0 Å². The normalized spacial score (nSPS) is 43.4. The van der Waals surface area contributed by atoms with E-state index in [0.717, 1.165) is 32.1 Å². The Kier molecular flexibility index (Phi) is 4.23. The molecule has 23 heavy (non-hydrogen) atoms. The minimum absolute atomic E-state index is 0.00886. The van der Waals surface area contributed by atoms with Crippen molar-refractivity contribution in [3.05, 3.63) is 23.3 Å². The van der Waals surface area contributed by atoms with Crippen LogP contribution in [0, 0.1) is 28.6 Å². The van der Waals surface area contributed by atoms with Gasteiger partial charge in [-0.1, -0.05) is 43.6 Å². The lowest BCUT2D eigenvalue weighted by Crippen LogP contribution is -2.53. The summed E-state index contributed by atoms with van der Waals surface area (Å²) in [7, 11) is 1.55. The van der Waals surface area contributed by atoms with Crippen LogP contribution in [0.15, 0.2) is 23.3 Å². The molecule has 2 heteroatoms.